The third kappa shape index (κ3) is 5.01. The van der Waals surface area contributed by atoms with Crippen molar-refractivity contribution in [2.45, 2.75) is 19.8 Å². The number of carbonyl (C=O) groups is 1. The molecule has 0 bridgehead atoms. The topological polar surface area (TPSA) is 85.4 Å². The molecule has 2 aromatic carbocycles. The number of hydrogen-bond acceptors (Lipinski definition) is 6. The summed E-state index contributed by atoms with van der Waals surface area (Å²) in [4.78, 5) is 21.1. The van der Waals surface area contributed by atoms with Gasteiger partial charge in [0, 0.05) is 23.6 Å². The number of amides is 1. The lowest BCUT2D eigenvalue weighted by atomic mass is 10.0. The minimum atomic E-state index is -0.349. The second-order valence-corrected chi connectivity index (χ2v) is 6.69. The molecule has 3 rings (SSSR count). The van der Waals surface area contributed by atoms with Crippen molar-refractivity contribution in [1.82, 2.24) is 9.97 Å². The van der Waals surface area contributed by atoms with Gasteiger partial charge >= 0.3 is 0 Å². The number of nitrogens with zero attached hydrogens (tertiary/aromatic N) is 2. The summed E-state index contributed by atoms with van der Waals surface area (Å²) in [5, 5.41) is 5.93. The molecule has 0 saturated heterocycles. The van der Waals surface area contributed by atoms with E-state index in [9.17, 15) is 4.79 Å². The lowest BCUT2D eigenvalue weighted by Crippen LogP contribution is -2.15. The highest BCUT2D eigenvalue weighted by Crippen LogP contribution is 2.30. The first kappa shape index (κ1) is 20.1. The molecule has 1 aromatic heterocycles. The summed E-state index contributed by atoms with van der Waals surface area (Å²) >= 11 is 0. The summed E-state index contributed by atoms with van der Waals surface area (Å²) in [6, 6.07) is 14.7. The normalized spacial score (nSPS) is 10.5. The van der Waals surface area contributed by atoms with E-state index in [2.05, 4.69) is 46.6 Å². The third-order valence-corrected chi connectivity index (χ3v) is 4.36. The van der Waals surface area contributed by atoms with E-state index < -0.39 is 0 Å². The maximum absolute atomic E-state index is 12.6. The van der Waals surface area contributed by atoms with Crippen LogP contribution in [0.4, 0.5) is 17.3 Å². The van der Waals surface area contributed by atoms with Crippen LogP contribution in [0.25, 0.3) is 0 Å². The fourth-order valence-corrected chi connectivity index (χ4v) is 2.73. The summed E-state index contributed by atoms with van der Waals surface area (Å²) in [5.74, 6) is 1.58. The maximum atomic E-state index is 12.6. The molecule has 0 atom stereocenters. The highest BCUT2D eigenvalue weighted by molar-refractivity contribution is 6.03. The summed E-state index contributed by atoms with van der Waals surface area (Å²) in [5.41, 5.74) is 2.92. The van der Waals surface area contributed by atoms with Crippen LogP contribution in [0, 0.1) is 0 Å². The number of benzene rings is 2. The smallest absolute Gasteiger partial charge is 0.274 e. The van der Waals surface area contributed by atoms with Gasteiger partial charge in [0.2, 0.25) is 5.95 Å². The number of hydrogen-bond donors (Lipinski definition) is 2. The molecule has 29 heavy (non-hydrogen) atoms. The summed E-state index contributed by atoms with van der Waals surface area (Å²) in [7, 11) is 3.10. The Hall–Kier alpha value is -3.61. The largest absolute Gasteiger partial charge is 0.493 e. The Morgan fingerprint density at radius 2 is 1.62 bits per heavy atom. The molecule has 2 N–H and O–H groups in total. The fourth-order valence-electron chi connectivity index (χ4n) is 2.73. The Morgan fingerprint density at radius 3 is 2.28 bits per heavy atom. The van der Waals surface area contributed by atoms with Crippen LogP contribution in [0.3, 0.4) is 0 Å². The van der Waals surface area contributed by atoms with E-state index in [-0.39, 0.29) is 11.6 Å². The third-order valence-electron chi connectivity index (χ3n) is 4.36. The molecule has 150 valence electrons. The number of anilines is 3. The van der Waals surface area contributed by atoms with E-state index in [1.165, 1.54) is 5.56 Å². The van der Waals surface area contributed by atoms with E-state index in [0.29, 0.717) is 29.1 Å². The molecule has 0 spiro atoms. The van der Waals surface area contributed by atoms with Gasteiger partial charge in [-0.1, -0.05) is 26.0 Å². The van der Waals surface area contributed by atoms with Gasteiger partial charge in [-0.2, -0.15) is 0 Å². The van der Waals surface area contributed by atoms with Gasteiger partial charge < -0.3 is 20.1 Å². The standard InChI is InChI=1S/C22H24N4O3/c1-14(2)15-5-7-16(8-6-15)25-22-23-12-11-18(26-22)21(27)24-17-9-10-19(28-3)20(13-17)29-4/h5-14H,1-4H3,(H,24,27)(H,23,25,26). The average molecular weight is 392 g/mol. The van der Waals surface area contributed by atoms with Crippen molar-refractivity contribution in [1.29, 1.82) is 0 Å². The molecule has 0 aliphatic carbocycles. The van der Waals surface area contributed by atoms with Gasteiger partial charge in [0.05, 0.1) is 14.2 Å². The number of aromatic nitrogens is 2. The minimum absolute atomic E-state index is 0.246. The SMILES string of the molecule is COc1ccc(NC(=O)c2ccnc(Nc3ccc(C(C)C)cc3)n2)cc1OC. The molecule has 0 saturated carbocycles. The molecule has 7 nitrogen and oxygen atoms in total. The summed E-state index contributed by atoms with van der Waals surface area (Å²) in [6.45, 7) is 4.29. The zero-order chi connectivity index (χ0) is 20.8. The monoisotopic (exact) mass is 392 g/mol. The predicted molar refractivity (Wildman–Crippen MR) is 113 cm³/mol. The first-order valence-electron chi connectivity index (χ1n) is 9.23. The Bertz CT molecular complexity index is 988. The molecule has 1 amide bonds. The highest BCUT2D eigenvalue weighted by atomic mass is 16.5. The Morgan fingerprint density at radius 1 is 0.931 bits per heavy atom. The Labute approximate surface area is 170 Å². The zero-order valence-electron chi connectivity index (χ0n) is 16.9. The number of nitrogens with one attached hydrogen (secondary N) is 2. The van der Waals surface area contributed by atoms with Crippen molar-refractivity contribution in [3.05, 3.63) is 66.0 Å². The van der Waals surface area contributed by atoms with Gasteiger partial charge in [-0.15, -0.1) is 0 Å². The summed E-state index contributed by atoms with van der Waals surface area (Å²) in [6.07, 6.45) is 1.54. The van der Waals surface area contributed by atoms with E-state index in [1.54, 1.807) is 44.7 Å². The molecule has 0 aliphatic heterocycles. The van der Waals surface area contributed by atoms with Crippen LogP contribution in [0.1, 0.15) is 35.8 Å². The van der Waals surface area contributed by atoms with Crippen LogP contribution < -0.4 is 20.1 Å². The van der Waals surface area contributed by atoms with Crippen molar-refractivity contribution in [2.75, 3.05) is 24.9 Å². The van der Waals surface area contributed by atoms with Crippen molar-refractivity contribution in [2.24, 2.45) is 0 Å². The number of carbonyl (C=O) groups excluding carboxylic acids is 1. The van der Waals surface area contributed by atoms with E-state index in [4.69, 9.17) is 9.47 Å². The molecule has 0 aliphatic rings. The number of methoxy groups -OCH3 is 2. The van der Waals surface area contributed by atoms with Crippen LogP contribution in [0.5, 0.6) is 11.5 Å². The van der Waals surface area contributed by atoms with E-state index >= 15 is 0 Å². The van der Waals surface area contributed by atoms with Gasteiger partial charge in [0.1, 0.15) is 5.69 Å². The van der Waals surface area contributed by atoms with Crippen LogP contribution in [-0.2, 0) is 0 Å². The second kappa shape index (κ2) is 9.05. The summed E-state index contributed by atoms with van der Waals surface area (Å²) < 4.78 is 10.5. The molecule has 3 aromatic rings. The second-order valence-electron chi connectivity index (χ2n) is 6.69. The van der Waals surface area contributed by atoms with Crippen LogP contribution in [-0.4, -0.2) is 30.1 Å². The van der Waals surface area contributed by atoms with Crippen molar-refractivity contribution >= 4 is 23.2 Å². The highest BCUT2D eigenvalue weighted by Gasteiger charge is 2.12. The maximum Gasteiger partial charge on any atom is 0.274 e. The van der Waals surface area contributed by atoms with Crippen molar-refractivity contribution in [3.8, 4) is 11.5 Å². The molecule has 0 radical (unpaired) electrons. The lowest BCUT2D eigenvalue weighted by molar-refractivity contribution is 0.102. The zero-order valence-corrected chi connectivity index (χ0v) is 16.9. The molecule has 7 heteroatoms. The van der Waals surface area contributed by atoms with E-state index in [0.717, 1.165) is 5.69 Å². The fraction of sp³-hybridized carbons (Fsp3) is 0.227. The van der Waals surface area contributed by atoms with Crippen LogP contribution in [0.2, 0.25) is 0 Å². The van der Waals surface area contributed by atoms with Crippen LogP contribution in [0.15, 0.2) is 54.7 Å². The number of rotatable bonds is 7. The molecular formula is C22H24N4O3. The number of ether oxygens (including phenoxy) is 2. The van der Waals surface area contributed by atoms with E-state index in [1.807, 2.05) is 12.1 Å². The van der Waals surface area contributed by atoms with Gasteiger partial charge in [0.25, 0.3) is 5.91 Å². The Kier molecular flexibility index (Phi) is 6.29. The molecule has 0 fully saturated rings. The molecule has 0 unspecified atom stereocenters. The minimum Gasteiger partial charge on any atom is -0.493 e. The lowest BCUT2D eigenvalue weighted by Gasteiger charge is -2.11. The molecule has 1 heterocycles. The Balaban J connectivity index is 1.72. The predicted octanol–water partition coefficient (Wildman–Crippen LogP) is 4.61. The van der Waals surface area contributed by atoms with Gasteiger partial charge in [-0.05, 0) is 41.8 Å². The average Bonchev–Trinajstić information content (AvgIpc) is 2.74. The van der Waals surface area contributed by atoms with Gasteiger partial charge in [-0.25, -0.2) is 9.97 Å². The first-order chi connectivity index (χ1) is 14.0. The van der Waals surface area contributed by atoms with Crippen molar-refractivity contribution in [3.63, 3.8) is 0 Å². The van der Waals surface area contributed by atoms with Crippen LogP contribution >= 0.6 is 0 Å². The van der Waals surface area contributed by atoms with Gasteiger partial charge in [-0.3, -0.25) is 4.79 Å². The van der Waals surface area contributed by atoms with Crippen molar-refractivity contribution < 1.29 is 14.3 Å². The first-order valence-corrected chi connectivity index (χ1v) is 9.23. The van der Waals surface area contributed by atoms with Gasteiger partial charge in [0.15, 0.2) is 11.5 Å². The quantitative estimate of drug-likeness (QED) is 0.611. The molecular weight excluding hydrogens is 368 g/mol.